The van der Waals surface area contributed by atoms with Gasteiger partial charge >= 0.3 is 0 Å². The summed E-state index contributed by atoms with van der Waals surface area (Å²) in [6, 6.07) is 4.96. The highest BCUT2D eigenvalue weighted by Gasteiger charge is 2.15. The lowest BCUT2D eigenvalue weighted by Gasteiger charge is -2.11. The SMILES string of the molecule is Nc1ccc(Cl)cc1C(=O)NCCC1CCCC1. The molecule has 0 unspecified atom stereocenters. The second-order valence-electron chi connectivity index (χ2n) is 4.93. The summed E-state index contributed by atoms with van der Waals surface area (Å²) in [7, 11) is 0. The lowest BCUT2D eigenvalue weighted by atomic mass is 10.0. The van der Waals surface area contributed by atoms with Gasteiger partial charge in [0.05, 0.1) is 5.56 Å². The number of nitrogens with one attached hydrogen (secondary N) is 1. The summed E-state index contributed by atoms with van der Waals surface area (Å²) in [6.07, 6.45) is 6.33. The van der Waals surface area contributed by atoms with Crippen molar-refractivity contribution in [3.8, 4) is 0 Å². The average Bonchev–Trinajstić information content (AvgIpc) is 2.85. The molecule has 1 amide bonds. The number of carbonyl (C=O) groups is 1. The van der Waals surface area contributed by atoms with Gasteiger partial charge in [-0.25, -0.2) is 0 Å². The van der Waals surface area contributed by atoms with Crippen LogP contribution in [0.25, 0.3) is 0 Å². The Morgan fingerprint density at radius 2 is 2.11 bits per heavy atom. The van der Waals surface area contributed by atoms with Crippen LogP contribution >= 0.6 is 11.6 Å². The van der Waals surface area contributed by atoms with Crippen LogP contribution in [0.4, 0.5) is 5.69 Å². The molecule has 4 heteroatoms. The van der Waals surface area contributed by atoms with E-state index in [1.807, 2.05) is 0 Å². The third-order valence-corrected chi connectivity index (χ3v) is 3.81. The minimum absolute atomic E-state index is 0.131. The molecule has 0 radical (unpaired) electrons. The van der Waals surface area contributed by atoms with Crippen molar-refractivity contribution in [3.63, 3.8) is 0 Å². The van der Waals surface area contributed by atoms with E-state index >= 15 is 0 Å². The molecule has 2 rings (SSSR count). The van der Waals surface area contributed by atoms with Gasteiger partial charge in [-0.15, -0.1) is 0 Å². The molecule has 0 aliphatic heterocycles. The highest BCUT2D eigenvalue weighted by atomic mass is 35.5. The number of amides is 1. The zero-order valence-electron chi connectivity index (χ0n) is 10.4. The maximum absolute atomic E-state index is 11.9. The lowest BCUT2D eigenvalue weighted by molar-refractivity contribution is 0.0952. The first-order valence-electron chi connectivity index (χ1n) is 6.50. The average molecular weight is 267 g/mol. The van der Waals surface area contributed by atoms with Gasteiger partial charge in [0.15, 0.2) is 0 Å². The quantitative estimate of drug-likeness (QED) is 0.822. The molecule has 3 N–H and O–H groups in total. The van der Waals surface area contributed by atoms with E-state index in [9.17, 15) is 4.79 Å². The van der Waals surface area contributed by atoms with Crippen molar-refractivity contribution >= 4 is 23.2 Å². The van der Waals surface area contributed by atoms with Crippen LogP contribution in [-0.4, -0.2) is 12.5 Å². The molecule has 1 saturated carbocycles. The number of hydrogen-bond donors (Lipinski definition) is 2. The second-order valence-corrected chi connectivity index (χ2v) is 5.36. The largest absolute Gasteiger partial charge is 0.398 e. The summed E-state index contributed by atoms with van der Waals surface area (Å²) in [5, 5.41) is 3.45. The number of nitrogen functional groups attached to an aromatic ring is 1. The maximum Gasteiger partial charge on any atom is 0.253 e. The molecule has 0 bridgehead atoms. The van der Waals surface area contributed by atoms with Crippen molar-refractivity contribution in [1.82, 2.24) is 5.32 Å². The van der Waals surface area contributed by atoms with E-state index in [-0.39, 0.29) is 5.91 Å². The Balaban J connectivity index is 1.85. The first-order valence-corrected chi connectivity index (χ1v) is 6.88. The molecule has 3 nitrogen and oxygen atoms in total. The summed E-state index contributed by atoms with van der Waals surface area (Å²) >= 11 is 5.86. The number of benzene rings is 1. The van der Waals surface area contributed by atoms with Crippen molar-refractivity contribution in [2.75, 3.05) is 12.3 Å². The molecule has 1 fully saturated rings. The zero-order valence-corrected chi connectivity index (χ0v) is 11.2. The van der Waals surface area contributed by atoms with E-state index < -0.39 is 0 Å². The number of anilines is 1. The van der Waals surface area contributed by atoms with Crippen molar-refractivity contribution in [3.05, 3.63) is 28.8 Å². The van der Waals surface area contributed by atoms with Crippen molar-refractivity contribution in [1.29, 1.82) is 0 Å². The van der Waals surface area contributed by atoms with Gasteiger partial charge in [-0.1, -0.05) is 37.3 Å². The molecule has 18 heavy (non-hydrogen) atoms. The monoisotopic (exact) mass is 266 g/mol. The minimum atomic E-state index is -0.131. The molecule has 0 atom stereocenters. The summed E-state index contributed by atoms with van der Waals surface area (Å²) in [6.45, 7) is 0.718. The zero-order chi connectivity index (χ0) is 13.0. The Labute approximate surface area is 113 Å². The fourth-order valence-electron chi connectivity index (χ4n) is 2.51. The van der Waals surface area contributed by atoms with Gasteiger partial charge in [0.25, 0.3) is 5.91 Å². The molecular weight excluding hydrogens is 248 g/mol. The van der Waals surface area contributed by atoms with Gasteiger partial charge in [-0.3, -0.25) is 4.79 Å². The third-order valence-electron chi connectivity index (χ3n) is 3.57. The summed E-state index contributed by atoms with van der Waals surface area (Å²) in [4.78, 5) is 11.9. The minimum Gasteiger partial charge on any atom is -0.398 e. The molecule has 98 valence electrons. The van der Waals surface area contributed by atoms with E-state index in [1.54, 1.807) is 18.2 Å². The number of carbonyl (C=O) groups excluding carboxylic acids is 1. The van der Waals surface area contributed by atoms with Crippen LogP contribution in [0.15, 0.2) is 18.2 Å². The number of hydrogen-bond acceptors (Lipinski definition) is 2. The van der Waals surface area contributed by atoms with Crippen LogP contribution in [0.5, 0.6) is 0 Å². The van der Waals surface area contributed by atoms with Crippen LogP contribution < -0.4 is 11.1 Å². The van der Waals surface area contributed by atoms with E-state index in [1.165, 1.54) is 25.7 Å². The number of halogens is 1. The van der Waals surface area contributed by atoms with Gasteiger partial charge in [-0.2, -0.15) is 0 Å². The van der Waals surface area contributed by atoms with Crippen molar-refractivity contribution in [2.45, 2.75) is 32.1 Å². The lowest BCUT2D eigenvalue weighted by Crippen LogP contribution is -2.26. The molecule has 1 aliphatic carbocycles. The van der Waals surface area contributed by atoms with Gasteiger partial charge in [0, 0.05) is 17.3 Å². The molecule has 1 aromatic carbocycles. The fraction of sp³-hybridized carbons (Fsp3) is 0.500. The summed E-state index contributed by atoms with van der Waals surface area (Å²) in [5.41, 5.74) is 6.70. The van der Waals surface area contributed by atoms with E-state index in [0.717, 1.165) is 18.9 Å². The first-order chi connectivity index (χ1) is 8.66. The predicted molar refractivity (Wildman–Crippen MR) is 74.8 cm³/mol. The summed E-state index contributed by atoms with van der Waals surface area (Å²) < 4.78 is 0. The maximum atomic E-state index is 11.9. The number of nitrogens with two attached hydrogens (primary N) is 1. The Hall–Kier alpha value is -1.22. The first kappa shape index (κ1) is 13.2. The van der Waals surface area contributed by atoms with Crippen LogP contribution in [0.3, 0.4) is 0 Å². The molecular formula is C14H19ClN2O. The van der Waals surface area contributed by atoms with E-state index in [0.29, 0.717) is 16.3 Å². The molecule has 1 aliphatic rings. The Bertz CT molecular complexity index is 428. The van der Waals surface area contributed by atoms with Gasteiger partial charge in [-0.05, 0) is 30.5 Å². The van der Waals surface area contributed by atoms with Crippen LogP contribution in [0.2, 0.25) is 5.02 Å². The van der Waals surface area contributed by atoms with Gasteiger partial charge < -0.3 is 11.1 Å². The fourth-order valence-corrected chi connectivity index (χ4v) is 2.68. The van der Waals surface area contributed by atoms with Crippen LogP contribution in [0, 0.1) is 5.92 Å². The molecule has 1 aromatic rings. The second kappa shape index (κ2) is 6.10. The summed E-state index contributed by atoms with van der Waals surface area (Å²) in [5.74, 6) is 0.648. The Kier molecular flexibility index (Phi) is 4.48. The number of rotatable bonds is 4. The van der Waals surface area contributed by atoms with Crippen molar-refractivity contribution in [2.24, 2.45) is 5.92 Å². The van der Waals surface area contributed by atoms with E-state index in [2.05, 4.69) is 5.32 Å². The normalized spacial score (nSPS) is 15.8. The van der Waals surface area contributed by atoms with Gasteiger partial charge in [0.1, 0.15) is 0 Å². The molecule has 0 heterocycles. The topological polar surface area (TPSA) is 55.1 Å². The standard InChI is InChI=1S/C14H19ClN2O/c15-11-5-6-13(16)12(9-11)14(18)17-8-7-10-3-1-2-4-10/h5-6,9-10H,1-4,7-8,16H2,(H,17,18). The van der Waals surface area contributed by atoms with Crippen LogP contribution in [-0.2, 0) is 0 Å². The van der Waals surface area contributed by atoms with Gasteiger partial charge in [0.2, 0.25) is 0 Å². The van der Waals surface area contributed by atoms with E-state index in [4.69, 9.17) is 17.3 Å². The Morgan fingerprint density at radius 3 is 2.83 bits per heavy atom. The van der Waals surface area contributed by atoms with Crippen LogP contribution in [0.1, 0.15) is 42.5 Å². The molecule has 0 saturated heterocycles. The molecule has 0 aromatic heterocycles. The Morgan fingerprint density at radius 1 is 1.39 bits per heavy atom. The highest BCUT2D eigenvalue weighted by molar-refractivity contribution is 6.31. The van der Waals surface area contributed by atoms with Crippen molar-refractivity contribution < 1.29 is 4.79 Å². The predicted octanol–water partition coefficient (Wildman–Crippen LogP) is 3.23. The molecule has 0 spiro atoms. The third kappa shape index (κ3) is 3.39. The smallest absolute Gasteiger partial charge is 0.253 e. The highest BCUT2D eigenvalue weighted by Crippen LogP contribution is 2.27.